The minimum atomic E-state index is -4.45. The van der Waals surface area contributed by atoms with Crippen LogP contribution in [-0.2, 0) is 28.7 Å². The number of para-hydroxylation sites is 1. The van der Waals surface area contributed by atoms with Crippen molar-refractivity contribution < 1.29 is 27.5 Å². The number of nitriles is 1. The molecule has 0 saturated heterocycles. The molecule has 3 rings (SSSR count). The highest BCUT2D eigenvalue weighted by molar-refractivity contribution is 6.09. The molecular weight excluding hydrogens is 397 g/mol. The number of fused-ring (bicyclic) bond motifs is 1. The molecule has 0 N–H and O–H groups in total. The molecule has 5 nitrogen and oxygen atoms in total. The van der Waals surface area contributed by atoms with E-state index in [4.69, 9.17) is 10.00 Å². The molecule has 0 bridgehead atoms. The molecule has 0 aliphatic heterocycles. The second-order valence-electron chi connectivity index (χ2n) is 6.62. The summed E-state index contributed by atoms with van der Waals surface area (Å²) in [5.41, 5.74) is 0.731. The zero-order valence-electron chi connectivity index (χ0n) is 15.8. The quantitative estimate of drug-likeness (QED) is 0.420. The van der Waals surface area contributed by atoms with E-state index in [9.17, 15) is 22.8 Å². The van der Waals surface area contributed by atoms with Crippen molar-refractivity contribution in [3.63, 3.8) is 0 Å². The normalized spacial score (nSPS) is 11.3. The van der Waals surface area contributed by atoms with E-state index in [0.717, 1.165) is 17.6 Å². The molecule has 3 aromatic rings. The van der Waals surface area contributed by atoms with Gasteiger partial charge in [0.05, 0.1) is 24.5 Å². The largest absolute Gasteiger partial charge is 0.457 e. The average Bonchev–Trinajstić information content (AvgIpc) is 3.09. The first-order valence-electron chi connectivity index (χ1n) is 9.09. The zero-order chi connectivity index (χ0) is 21.7. The molecule has 0 unspecified atom stereocenters. The molecule has 1 heterocycles. The van der Waals surface area contributed by atoms with Crippen molar-refractivity contribution in [1.29, 1.82) is 5.26 Å². The van der Waals surface area contributed by atoms with Gasteiger partial charge < -0.3 is 9.30 Å². The van der Waals surface area contributed by atoms with Gasteiger partial charge in [0, 0.05) is 29.2 Å². The van der Waals surface area contributed by atoms with Gasteiger partial charge in [-0.1, -0.05) is 30.3 Å². The summed E-state index contributed by atoms with van der Waals surface area (Å²) in [6, 6.07) is 13.5. The van der Waals surface area contributed by atoms with Crippen LogP contribution in [0.3, 0.4) is 0 Å². The molecule has 0 aliphatic carbocycles. The third-order valence-electron chi connectivity index (χ3n) is 4.55. The molecule has 8 heteroatoms. The monoisotopic (exact) mass is 414 g/mol. The van der Waals surface area contributed by atoms with Crippen LogP contribution in [0.15, 0.2) is 54.7 Å². The van der Waals surface area contributed by atoms with Gasteiger partial charge >= 0.3 is 12.1 Å². The highest BCUT2D eigenvalue weighted by atomic mass is 19.4. The third kappa shape index (κ3) is 4.87. The minimum Gasteiger partial charge on any atom is -0.457 e. The van der Waals surface area contributed by atoms with Crippen LogP contribution < -0.4 is 0 Å². The van der Waals surface area contributed by atoms with E-state index >= 15 is 0 Å². The van der Waals surface area contributed by atoms with E-state index in [1.807, 2.05) is 12.1 Å². The fraction of sp³-hybridized carbons (Fsp3) is 0.227. The summed E-state index contributed by atoms with van der Waals surface area (Å²) in [7, 11) is 0. The molecule has 0 saturated carbocycles. The molecule has 30 heavy (non-hydrogen) atoms. The van der Waals surface area contributed by atoms with E-state index < -0.39 is 30.1 Å². The van der Waals surface area contributed by atoms with Crippen molar-refractivity contribution in [3.8, 4) is 6.07 Å². The second kappa shape index (κ2) is 8.82. The average molecular weight is 414 g/mol. The van der Waals surface area contributed by atoms with Crippen LogP contribution in [-0.4, -0.2) is 22.9 Å². The van der Waals surface area contributed by atoms with Crippen molar-refractivity contribution in [2.24, 2.45) is 0 Å². The summed E-state index contributed by atoms with van der Waals surface area (Å²) >= 11 is 0. The van der Waals surface area contributed by atoms with Crippen molar-refractivity contribution in [1.82, 2.24) is 4.57 Å². The van der Waals surface area contributed by atoms with Gasteiger partial charge in [0.25, 0.3) is 0 Å². The number of hydrogen-bond acceptors (Lipinski definition) is 4. The number of rotatable bonds is 7. The van der Waals surface area contributed by atoms with E-state index in [1.54, 1.807) is 22.9 Å². The van der Waals surface area contributed by atoms with E-state index in [0.29, 0.717) is 23.1 Å². The molecule has 0 atom stereocenters. The summed E-state index contributed by atoms with van der Waals surface area (Å²) in [6.07, 6.45) is -2.77. The maximum atomic E-state index is 12.6. The van der Waals surface area contributed by atoms with E-state index in [2.05, 4.69) is 6.07 Å². The predicted octanol–water partition coefficient (Wildman–Crippen LogP) is 4.54. The van der Waals surface area contributed by atoms with Gasteiger partial charge in [0.1, 0.15) is 0 Å². The topological polar surface area (TPSA) is 72.1 Å². The lowest BCUT2D eigenvalue weighted by Crippen LogP contribution is -2.15. The van der Waals surface area contributed by atoms with Gasteiger partial charge in [-0.2, -0.15) is 18.4 Å². The highest BCUT2D eigenvalue weighted by Crippen LogP contribution is 2.29. The third-order valence-corrected chi connectivity index (χ3v) is 4.55. The molecule has 0 amide bonds. The number of carbonyl (C=O) groups excluding carboxylic acids is 2. The number of esters is 1. The number of carbonyl (C=O) groups is 2. The summed E-state index contributed by atoms with van der Waals surface area (Å²) in [4.78, 5) is 24.6. The number of aromatic nitrogens is 1. The van der Waals surface area contributed by atoms with Crippen molar-refractivity contribution in [3.05, 3.63) is 71.4 Å². The number of benzene rings is 2. The van der Waals surface area contributed by atoms with Gasteiger partial charge in [-0.15, -0.1) is 0 Å². The molecule has 0 spiro atoms. The van der Waals surface area contributed by atoms with Gasteiger partial charge in [-0.25, -0.2) is 0 Å². The number of alkyl halides is 3. The smallest absolute Gasteiger partial charge is 0.416 e. The Morgan fingerprint density at radius 3 is 2.43 bits per heavy atom. The fourth-order valence-corrected chi connectivity index (χ4v) is 3.08. The van der Waals surface area contributed by atoms with Gasteiger partial charge in [-0.05, 0) is 23.8 Å². The van der Waals surface area contributed by atoms with Crippen LogP contribution in [0.5, 0.6) is 0 Å². The van der Waals surface area contributed by atoms with E-state index in [-0.39, 0.29) is 12.8 Å². The lowest BCUT2D eigenvalue weighted by atomic mass is 10.1. The Morgan fingerprint density at radius 1 is 1.07 bits per heavy atom. The Bertz CT molecular complexity index is 1110. The van der Waals surface area contributed by atoms with Crippen LogP contribution >= 0.6 is 0 Å². The maximum absolute atomic E-state index is 12.6. The molecule has 0 aliphatic rings. The number of hydrogen-bond donors (Lipinski definition) is 0. The zero-order valence-corrected chi connectivity index (χ0v) is 15.8. The molecule has 0 fully saturated rings. The van der Waals surface area contributed by atoms with Crippen LogP contribution in [0.4, 0.5) is 13.2 Å². The number of halogens is 3. The summed E-state index contributed by atoms with van der Waals surface area (Å²) < 4.78 is 44.6. The van der Waals surface area contributed by atoms with Crippen molar-refractivity contribution in [2.45, 2.75) is 25.6 Å². The number of ketones is 1. The molecular formula is C22H17F3N2O3. The first kappa shape index (κ1) is 21.1. The van der Waals surface area contributed by atoms with E-state index in [1.165, 1.54) is 12.1 Å². The van der Waals surface area contributed by atoms with Crippen LogP contribution in [0.1, 0.15) is 27.9 Å². The number of nitrogens with zero attached hydrogens (tertiary/aromatic N) is 2. The predicted molar refractivity (Wildman–Crippen MR) is 103 cm³/mol. The molecule has 1 aromatic heterocycles. The second-order valence-corrected chi connectivity index (χ2v) is 6.62. The standard InChI is InChI=1S/C22H17F3N2O3/c23-22(24,25)16-8-6-15(7-9-16)12-21(29)30-14-20(28)18-13-27(11-3-10-26)19-5-2-1-4-17(18)19/h1-2,4-9,13H,3,11-12,14H2. The van der Waals surface area contributed by atoms with Crippen LogP contribution in [0.25, 0.3) is 10.9 Å². The maximum Gasteiger partial charge on any atom is 0.416 e. The first-order chi connectivity index (χ1) is 14.3. The van der Waals surface area contributed by atoms with Gasteiger partial charge in [0.2, 0.25) is 5.78 Å². The van der Waals surface area contributed by atoms with Gasteiger partial charge in [-0.3, -0.25) is 9.59 Å². The number of Topliss-reactive ketones (excluding diaryl/α,β-unsaturated/α-hetero) is 1. The number of aryl methyl sites for hydroxylation is 1. The Morgan fingerprint density at radius 2 is 1.77 bits per heavy atom. The highest BCUT2D eigenvalue weighted by Gasteiger charge is 2.30. The number of ether oxygens (including phenoxy) is 1. The molecule has 154 valence electrons. The van der Waals surface area contributed by atoms with Gasteiger partial charge in [0.15, 0.2) is 6.61 Å². The SMILES string of the molecule is N#CCCn1cc(C(=O)COC(=O)Cc2ccc(C(F)(F)F)cc2)c2ccccc21. The summed E-state index contributed by atoms with van der Waals surface area (Å²) in [5.74, 6) is -1.11. The first-order valence-corrected chi connectivity index (χ1v) is 9.09. The molecule has 2 aromatic carbocycles. The minimum absolute atomic E-state index is 0.241. The Balaban J connectivity index is 1.64. The Labute approximate surface area is 170 Å². The summed E-state index contributed by atoms with van der Waals surface area (Å²) in [5, 5.41) is 9.49. The van der Waals surface area contributed by atoms with Crippen molar-refractivity contribution >= 4 is 22.7 Å². The fourth-order valence-electron chi connectivity index (χ4n) is 3.08. The lowest BCUT2D eigenvalue weighted by Gasteiger charge is -2.08. The Kier molecular flexibility index (Phi) is 6.21. The van der Waals surface area contributed by atoms with Crippen LogP contribution in [0.2, 0.25) is 0 Å². The van der Waals surface area contributed by atoms with Crippen molar-refractivity contribution in [2.75, 3.05) is 6.61 Å². The molecule has 0 radical (unpaired) electrons. The summed E-state index contributed by atoms with van der Waals surface area (Å²) in [6.45, 7) is -0.0519. The van der Waals surface area contributed by atoms with Crippen LogP contribution in [0, 0.1) is 11.3 Å². The Hall–Kier alpha value is -3.60. The lowest BCUT2D eigenvalue weighted by molar-refractivity contribution is -0.141.